The van der Waals surface area contributed by atoms with Gasteiger partial charge in [0.15, 0.2) is 0 Å². The largest absolute Gasteiger partial charge is 0.383 e. The number of hydrogen-bond acceptors (Lipinski definition) is 5. The van der Waals surface area contributed by atoms with Crippen LogP contribution < -0.4 is 11.1 Å². The van der Waals surface area contributed by atoms with E-state index in [1.54, 1.807) is 29.2 Å². The summed E-state index contributed by atoms with van der Waals surface area (Å²) >= 11 is 0. The number of morpholine rings is 1. The van der Waals surface area contributed by atoms with Crippen molar-refractivity contribution in [3.8, 4) is 0 Å². The van der Waals surface area contributed by atoms with Crippen molar-refractivity contribution in [2.45, 2.75) is 32.1 Å². The summed E-state index contributed by atoms with van der Waals surface area (Å²) in [6.45, 7) is 5.21. The van der Waals surface area contributed by atoms with Gasteiger partial charge in [0.25, 0.3) is 5.91 Å². The van der Waals surface area contributed by atoms with Crippen LogP contribution in [0.15, 0.2) is 24.3 Å². The molecule has 0 aliphatic carbocycles. The van der Waals surface area contributed by atoms with Gasteiger partial charge in [0, 0.05) is 31.5 Å². The second-order valence-electron chi connectivity index (χ2n) is 6.10. The molecule has 2 rings (SSSR count). The highest BCUT2D eigenvalue weighted by molar-refractivity contribution is 5.97. The lowest BCUT2D eigenvalue weighted by Crippen LogP contribution is -2.48. The highest BCUT2D eigenvalue weighted by Gasteiger charge is 2.26. The van der Waals surface area contributed by atoms with Gasteiger partial charge >= 0.3 is 0 Å². The topological polar surface area (TPSA) is 93.9 Å². The van der Waals surface area contributed by atoms with E-state index in [2.05, 4.69) is 5.32 Å². The number of nitrogens with one attached hydrogen (secondary N) is 1. The molecule has 0 saturated carbocycles. The van der Waals surface area contributed by atoms with E-state index < -0.39 is 6.04 Å². The van der Waals surface area contributed by atoms with Gasteiger partial charge in [-0.1, -0.05) is 0 Å². The van der Waals surface area contributed by atoms with Gasteiger partial charge in [0.1, 0.15) is 6.04 Å². The van der Waals surface area contributed by atoms with Crippen molar-refractivity contribution in [3.63, 3.8) is 0 Å². The Morgan fingerprint density at radius 3 is 2.36 bits per heavy atom. The monoisotopic (exact) mass is 371 g/mol. The van der Waals surface area contributed by atoms with Crippen molar-refractivity contribution >= 4 is 29.9 Å². The SMILES string of the molecule is COCC(N)C(=O)Nc1ccc(C(=O)N2CC(C)OC(C)C2)cc1.Cl. The number of carbonyl (C=O) groups is 2. The van der Waals surface area contributed by atoms with Crippen molar-refractivity contribution < 1.29 is 19.1 Å². The van der Waals surface area contributed by atoms with Crippen LogP contribution in [0.4, 0.5) is 5.69 Å². The molecule has 7 nitrogen and oxygen atoms in total. The number of methoxy groups -OCH3 is 1. The Bertz CT molecular complexity index is 572. The molecular weight excluding hydrogens is 346 g/mol. The number of ether oxygens (including phenoxy) is 2. The van der Waals surface area contributed by atoms with Crippen molar-refractivity contribution in [1.29, 1.82) is 0 Å². The fourth-order valence-electron chi connectivity index (χ4n) is 2.71. The number of anilines is 1. The Kier molecular flexibility index (Phi) is 8.31. The van der Waals surface area contributed by atoms with Crippen LogP contribution in [0.1, 0.15) is 24.2 Å². The minimum absolute atomic E-state index is 0. The number of amides is 2. The fraction of sp³-hybridized carbons (Fsp3) is 0.529. The van der Waals surface area contributed by atoms with Gasteiger partial charge in [-0.15, -0.1) is 12.4 Å². The van der Waals surface area contributed by atoms with E-state index in [4.69, 9.17) is 15.2 Å². The molecule has 3 unspecified atom stereocenters. The first-order chi connectivity index (χ1) is 11.4. The van der Waals surface area contributed by atoms with E-state index in [9.17, 15) is 9.59 Å². The van der Waals surface area contributed by atoms with E-state index in [0.717, 1.165) is 0 Å². The zero-order valence-corrected chi connectivity index (χ0v) is 15.5. The van der Waals surface area contributed by atoms with Crippen molar-refractivity contribution in [2.75, 3.05) is 32.1 Å². The van der Waals surface area contributed by atoms with Gasteiger partial charge in [0.05, 0.1) is 18.8 Å². The average Bonchev–Trinajstić information content (AvgIpc) is 2.54. The standard InChI is InChI=1S/C17H25N3O4.ClH/c1-11-8-20(9-12(2)24-11)17(22)13-4-6-14(7-5-13)19-16(21)15(18)10-23-3;/h4-7,11-12,15H,8-10,18H2,1-3H3,(H,19,21);1H. The molecule has 1 aromatic rings. The number of rotatable bonds is 5. The van der Waals surface area contributed by atoms with Crippen molar-refractivity contribution in [2.24, 2.45) is 5.73 Å². The number of hydrogen-bond donors (Lipinski definition) is 2. The predicted octanol–water partition coefficient (Wildman–Crippen LogP) is 1.27. The fourth-order valence-corrected chi connectivity index (χ4v) is 2.71. The Labute approximate surface area is 154 Å². The molecule has 0 spiro atoms. The van der Waals surface area contributed by atoms with E-state index >= 15 is 0 Å². The summed E-state index contributed by atoms with van der Waals surface area (Å²) in [7, 11) is 1.49. The zero-order valence-electron chi connectivity index (χ0n) is 14.7. The summed E-state index contributed by atoms with van der Waals surface area (Å²) in [4.78, 5) is 26.2. The Morgan fingerprint density at radius 2 is 1.84 bits per heavy atom. The number of nitrogens with zero attached hydrogens (tertiary/aromatic N) is 1. The molecule has 1 aliphatic rings. The molecule has 25 heavy (non-hydrogen) atoms. The molecule has 1 saturated heterocycles. The molecule has 3 atom stereocenters. The van der Waals surface area contributed by atoms with Crippen LogP contribution in [0, 0.1) is 0 Å². The molecule has 8 heteroatoms. The van der Waals surface area contributed by atoms with Crippen LogP contribution >= 0.6 is 12.4 Å². The van der Waals surface area contributed by atoms with Crippen LogP contribution in [0.2, 0.25) is 0 Å². The first kappa shape index (κ1) is 21.4. The summed E-state index contributed by atoms with van der Waals surface area (Å²) in [5.74, 6) is -0.363. The highest BCUT2D eigenvalue weighted by Crippen LogP contribution is 2.16. The van der Waals surface area contributed by atoms with Gasteiger partial charge in [-0.25, -0.2) is 0 Å². The number of nitrogens with two attached hydrogens (primary N) is 1. The maximum absolute atomic E-state index is 12.6. The van der Waals surface area contributed by atoms with Crippen LogP contribution in [-0.4, -0.2) is 61.8 Å². The third-order valence-electron chi connectivity index (χ3n) is 3.79. The normalized spacial score (nSPS) is 21.2. The molecule has 140 valence electrons. The van der Waals surface area contributed by atoms with Crippen molar-refractivity contribution in [3.05, 3.63) is 29.8 Å². The molecule has 0 aromatic heterocycles. The molecular formula is C17H26ClN3O4. The number of carbonyl (C=O) groups excluding carboxylic acids is 2. The van der Waals surface area contributed by atoms with E-state index in [1.807, 2.05) is 13.8 Å². The lowest BCUT2D eigenvalue weighted by Gasteiger charge is -2.35. The quantitative estimate of drug-likeness (QED) is 0.812. The van der Waals surface area contributed by atoms with Gasteiger partial charge in [-0.2, -0.15) is 0 Å². The summed E-state index contributed by atoms with van der Waals surface area (Å²) in [5.41, 5.74) is 6.84. The summed E-state index contributed by atoms with van der Waals surface area (Å²) < 4.78 is 10.5. The zero-order chi connectivity index (χ0) is 17.7. The first-order valence-electron chi connectivity index (χ1n) is 8.01. The van der Waals surface area contributed by atoms with Crippen LogP contribution in [0.5, 0.6) is 0 Å². The maximum atomic E-state index is 12.6. The smallest absolute Gasteiger partial charge is 0.254 e. The first-order valence-corrected chi connectivity index (χ1v) is 8.01. The number of benzene rings is 1. The Balaban J connectivity index is 0.00000312. The van der Waals surface area contributed by atoms with Gasteiger partial charge in [-0.05, 0) is 38.1 Å². The summed E-state index contributed by atoms with van der Waals surface area (Å²) in [6, 6.07) is 6.05. The van der Waals surface area contributed by atoms with Crippen LogP contribution in [0.25, 0.3) is 0 Å². The number of halogens is 1. The summed E-state index contributed by atoms with van der Waals surface area (Å²) in [5, 5.41) is 2.70. The summed E-state index contributed by atoms with van der Waals surface area (Å²) in [6.07, 6.45) is 0.0528. The third kappa shape index (κ3) is 5.97. The third-order valence-corrected chi connectivity index (χ3v) is 3.79. The van der Waals surface area contributed by atoms with E-state index in [1.165, 1.54) is 7.11 Å². The maximum Gasteiger partial charge on any atom is 0.254 e. The van der Waals surface area contributed by atoms with Gasteiger partial charge < -0.3 is 25.4 Å². The molecule has 0 radical (unpaired) electrons. The molecule has 2 amide bonds. The van der Waals surface area contributed by atoms with Gasteiger partial charge in [-0.3, -0.25) is 9.59 Å². The molecule has 1 fully saturated rings. The molecule has 1 aliphatic heterocycles. The molecule has 3 N–H and O–H groups in total. The second kappa shape index (κ2) is 9.72. The lowest BCUT2D eigenvalue weighted by atomic mass is 10.1. The van der Waals surface area contributed by atoms with Crippen LogP contribution in [0.3, 0.4) is 0 Å². The average molecular weight is 372 g/mol. The Hall–Kier alpha value is -1.67. The van der Waals surface area contributed by atoms with E-state index in [-0.39, 0.29) is 43.0 Å². The Morgan fingerprint density at radius 1 is 1.28 bits per heavy atom. The molecule has 1 heterocycles. The predicted molar refractivity (Wildman–Crippen MR) is 98.1 cm³/mol. The highest BCUT2D eigenvalue weighted by atomic mass is 35.5. The molecule has 0 bridgehead atoms. The van der Waals surface area contributed by atoms with Crippen molar-refractivity contribution in [1.82, 2.24) is 4.90 Å². The second-order valence-corrected chi connectivity index (χ2v) is 6.10. The van der Waals surface area contributed by atoms with E-state index in [0.29, 0.717) is 24.3 Å². The van der Waals surface area contributed by atoms with Crippen LogP contribution in [-0.2, 0) is 14.3 Å². The minimum Gasteiger partial charge on any atom is -0.383 e. The lowest BCUT2D eigenvalue weighted by molar-refractivity contribution is -0.118. The minimum atomic E-state index is -0.729. The van der Waals surface area contributed by atoms with Gasteiger partial charge in [0.2, 0.25) is 5.91 Å². The molecule has 1 aromatic carbocycles.